The van der Waals surface area contributed by atoms with Crippen LogP contribution in [0.3, 0.4) is 0 Å². The monoisotopic (exact) mass is 227 g/mol. The van der Waals surface area contributed by atoms with Crippen LogP contribution in [0.5, 0.6) is 0 Å². The highest BCUT2D eigenvalue weighted by Crippen LogP contribution is 2.24. The average Bonchev–Trinajstić information content (AvgIpc) is 2.50. The van der Waals surface area contributed by atoms with Gasteiger partial charge in [0.15, 0.2) is 0 Å². The van der Waals surface area contributed by atoms with Gasteiger partial charge in [0.1, 0.15) is 5.76 Å². The number of halogens is 3. The molecule has 8 heteroatoms. The van der Waals surface area contributed by atoms with Gasteiger partial charge >= 0.3 is 15.5 Å². The molecule has 0 spiro atoms. The first-order chi connectivity index (χ1) is 6.33. The van der Waals surface area contributed by atoms with E-state index < -0.39 is 15.5 Å². The summed E-state index contributed by atoms with van der Waals surface area (Å²) in [6, 6.07) is 2.66. The summed E-state index contributed by atoms with van der Waals surface area (Å²) in [7, 11) is -5.46. The first kappa shape index (κ1) is 10.8. The van der Waals surface area contributed by atoms with E-state index in [-0.39, 0.29) is 5.76 Å². The lowest BCUT2D eigenvalue weighted by molar-refractivity contribution is -0.0435. The summed E-state index contributed by atoms with van der Waals surface area (Å²) >= 11 is 0. The first-order valence-corrected chi connectivity index (χ1v) is 4.67. The molecule has 0 bridgehead atoms. The Hall–Kier alpha value is -1.31. The standard InChI is InChI=1S/C6H4F3NO3S/c7-6(8,9)14(11,12)10-4-5-2-1-3-13-5/h1-4H. The summed E-state index contributed by atoms with van der Waals surface area (Å²) in [5, 5.41) is 0. The molecule has 1 aromatic rings. The Labute approximate surface area is 77.1 Å². The van der Waals surface area contributed by atoms with Crippen molar-refractivity contribution < 1.29 is 26.0 Å². The highest BCUT2D eigenvalue weighted by Gasteiger charge is 2.45. The van der Waals surface area contributed by atoms with E-state index in [0.717, 1.165) is 0 Å². The van der Waals surface area contributed by atoms with E-state index in [1.807, 2.05) is 0 Å². The molecule has 0 unspecified atom stereocenters. The Bertz CT molecular complexity index is 418. The van der Waals surface area contributed by atoms with Crippen molar-refractivity contribution in [1.29, 1.82) is 0 Å². The summed E-state index contributed by atoms with van der Waals surface area (Å²) in [4.78, 5) is 0. The van der Waals surface area contributed by atoms with Crippen molar-refractivity contribution in [3.8, 4) is 0 Å². The fraction of sp³-hybridized carbons (Fsp3) is 0.167. The Morgan fingerprint density at radius 3 is 2.50 bits per heavy atom. The number of hydrogen-bond donors (Lipinski definition) is 0. The number of furan rings is 1. The van der Waals surface area contributed by atoms with E-state index in [4.69, 9.17) is 0 Å². The van der Waals surface area contributed by atoms with Crippen molar-refractivity contribution in [1.82, 2.24) is 0 Å². The highest BCUT2D eigenvalue weighted by atomic mass is 32.2. The molecule has 0 radical (unpaired) electrons. The molecule has 0 aromatic carbocycles. The van der Waals surface area contributed by atoms with Crippen LogP contribution in [0.15, 0.2) is 27.2 Å². The van der Waals surface area contributed by atoms with Crippen LogP contribution in [0.4, 0.5) is 13.2 Å². The van der Waals surface area contributed by atoms with E-state index in [9.17, 15) is 21.6 Å². The average molecular weight is 227 g/mol. The maximum Gasteiger partial charge on any atom is 0.518 e. The van der Waals surface area contributed by atoms with Gasteiger partial charge in [-0.3, -0.25) is 0 Å². The van der Waals surface area contributed by atoms with Gasteiger partial charge in [0, 0.05) is 0 Å². The van der Waals surface area contributed by atoms with Gasteiger partial charge in [0.05, 0.1) is 12.5 Å². The normalized spacial score (nSPS) is 13.6. The third-order valence-corrected chi connectivity index (χ3v) is 2.12. The smallest absolute Gasteiger partial charge is 0.463 e. The van der Waals surface area contributed by atoms with E-state index in [1.165, 1.54) is 18.4 Å². The fourth-order valence-corrected chi connectivity index (χ4v) is 0.908. The predicted molar refractivity (Wildman–Crippen MR) is 41.3 cm³/mol. The van der Waals surface area contributed by atoms with Crippen molar-refractivity contribution in [3.05, 3.63) is 24.2 Å². The summed E-state index contributed by atoms with van der Waals surface area (Å²) < 4.78 is 62.9. The van der Waals surface area contributed by atoms with Crippen LogP contribution < -0.4 is 0 Å². The van der Waals surface area contributed by atoms with Crippen LogP contribution in [0.1, 0.15) is 5.76 Å². The quantitative estimate of drug-likeness (QED) is 0.720. The summed E-state index contributed by atoms with van der Waals surface area (Å²) in [5.74, 6) is -0.0715. The summed E-state index contributed by atoms with van der Waals surface area (Å²) in [6.07, 6.45) is 1.67. The Morgan fingerprint density at radius 1 is 1.43 bits per heavy atom. The Kier molecular flexibility index (Phi) is 2.65. The minimum Gasteiger partial charge on any atom is -0.463 e. The molecule has 1 heterocycles. The van der Waals surface area contributed by atoms with Crippen LogP contribution in [0.25, 0.3) is 0 Å². The van der Waals surface area contributed by atoms with Crippen molar-refractivity contribution >= 4 is 16.2 Å². The molecule has 0 aliphatic carbocycles. The fourth-order valence-electron chi connectivity index (χ4n) is 0.546. The first-order valence-electron chi connectivity index (χ1n) is 3.23. The van der Waals surface area contributed by atoms with Gasteiger partial charge in [-0.15, -0.1) is 0 Å². The van der Waals surface area contributed by atoms with Crippen LogP contribution in [-0.2, 0) is 10.0 Å². The molecule has 0 N–H and O–H groups in total. The maximum atomic E-state index is 11.7. The van der Waals surface area contributed by atoms with Gasteiger partial charge in [-0.05, 0) is 12.1 Å². The van der Waals surface area contributed by atoms with E-state index in [0.29, 0.717) is 6.21 Å². The summed E-state index contributed by atoms with van der Waals surface area (Å²) in [6.45, 7) is 0. The second-order valence-electron chi connectivity index (χ2n) is 2.17. The molecule has 14 heavy (non-hydrogen) atoms. The molecule has 1 aromatic heterocycles. The minimum atomic E-state index is -5.46. The third-order valence-electron chi connectivity index (χ3n) is 1.15. The van der Waals surface area contributed by atoms with E-state index in [1.54, 1.807) is 0 Å². The zero-order valence-corrected chi connectivity index (χ0v) is 7.34. The molecule has 0 saturated carbocycles. The molecular weight excluding hydrogens is 223 g/mol. The zero-order chi connectivity index (χ0) is 10.8. The molecule has 0 aliphatic rings. The van der Waals surface area contributed by atoms with Crippen LogP contribution >= 0.6 is 0 Å². The van der Waals surface area contributed by atoms with E-state index >= 15 is 0 Å². The molecule has 0 aliphatic heterocycles. The Balaban J connectivity index is 2.90. The van der Waals surface area contributed by atoms with Crippen LogP contribution in [0.2, 0.25) is 0 Å². The minimum absolute atomic E-state index is 0.0715. The number of nitrogens with zero attached hydrogens (tertiary/aromatic N) is 1. The molecular formula is C6H4F3NO3S. The molecule has 0 atom stereocenters. The second kappa shape index (κ2) is 3.45. The third kappa shape index (κ3) is 2.34. The predicted octanol–water partition coefficient (Wildman–Crippen LogP) is 1.55. The molecule has 0 saturated heterocycles. The molecule has 4 nitrogen and oxygen atoms in total. The number of alkyl halides is 3. The van der Waals surface area contributed by atoms with Crippen molar-refractivity contribution in [2.45, 2.75) is 5.51 Å². The zero-order valence-electron chi connectivity index (χ0n) is 6.52. The van der Waals surface area contributed by atoms with Gasteiger partial charge in [0.25, 0.3) is 0 Å². The lowest BCUT2D eigenvalue weighted by atomic mass is 10.5. The lowest BCUT2D eigenvalue weighted by Crippen LogP contribution is -2.20. The second-order valence-corrected chi connectivity index (χ2v) is 3.79. The number of hydrogen-bond acceptors (Lipinski definition) is 3. The van der Waals surface area contributed by atoms with Gasteiger partial charge in [-0.1, -0.05) is 0 Å². The summed E-state index contributed by atoms with van der Waals surface area (Å²) in [5.41, 5.74) is -5.38. The van der Waals surface area contributed by atoms with Crippen molar-refractivity contribution in [2.24, 2.45) is 4.40 Å². The number of sulfonamides is 1. The maximum absolute atomic E-state index is 11.7. The molecule has 78 valence electrons. The van der Waals surface area contributed by atoms with Crippen molar-refractivity contribution in [3.63, 3.8) is 0 Å². The number of rotatable bonds is 2. The van der Waals surface area contributed by atoms with Crippen LogP contribution in [0, 0.1) is 0 Å². The largest absolute Gasteiger partial charge is 0.518 e. The van der Waals surface area contributed by atoms with Crippen LogP contribution in [-0.4, -0.2) is 20.1 Å². The molecule has 0 fully saturated rings. The highest BCUT2D eigenvalue weighted by molar-refractivity contribution is 7.91. The molecule has 1 rings (SSSR count). The van der Waals surface area contributed by atoms with Crippen molar-refractivity contribution in [2.75, 3.05) is 0 Å². The topological polar surface area (TPSA) is 59.6 Å². The van der Waals surface area contributed by atoms with Gasteiger partial charge in [-0.2, -0.15) is 26.0 Å². The lowest BCUT2D eigenvalue weighted by Gasteiger charge is -2.00. The van der Waals surface area contributed by atoms with Gasteiger partial charge in [0.2, 0.25) is 0 Å². The Morgan fingerprint density at radius 2 is 2.07 bits per heavy atom. The molecule has 0 amide bonds. The SMILES string of the molecule is O=S(=O)(N=Cc1ccco1)C(F)(F)F. The van der Waals surface area contributed by atoms with Gasteiger partial charge in [-0.25, -0.2) is 0 Å². The van der Waals surface area contributed by atoms with E-state index in [2.05, 4.69) is 8.81 Å². The van der Waals surface area contributed by atoms with Gasteiger partial charge < -0.3 is 4.42 Å².